The SMILES string of the molecule is CCCNC(=NC)NCC(c1ccccc1)c1ccccc1.I. The summed E-state index contributed by atoms with van der Waals surface area (Å²) in [6.07, 6.45) is 1.08. The highest BCUT2D eigenvalue weighted by Gasteiger charge is 2.14. The second-order valence-corrected chi connectivity index (χ2v) is 5.25. The lowest BCUT2D eigenvalue weighted by molar-refractivity contribution is 0.722. The summed E-state index contributed by atoms with van der Waals surface area (Å²) in [4.78, 5) is 4.28. The molecule has 0 spiro atoms. The van der Waals surface area contributed by atoms with E-state index in [9.17, 15) is 0 Å². The van der Waals surface area contributed by atoms with Gasteiger partial charge in [-0.15, -0.1) is 24.0 Å². The summed E-state index contributed by atoms with van der Waals surface area (Å²) >= 11 is 0. The number of guanidine groups is 1. The maximum atomic E-state index is 4.28. The monoisotopic (exact) mass is 423 g/mol. The van der Waals surface area contributed by atoms with Crippen molar-refractivity contribution >= 4 is 29.9 Å². The van der Waals surface area contributed by atoms with Crippen molar-refractivity contribution < 1.29 is 0 Å². The Morgan fingerprint density at radius 3 is 1.87 bits per heavy atom. The van der Waals surface area contributed by atoms with Crippen LogP contribution in [0, 0.1) is 0 Å². The number of aliphatic imine (C=N–C) groups is 1. The third kappa shape index (κ3) is 6.22. The van der Waals surface area contributed by atoms with Gasteiger partial charge < -0.3 is 10.6 Å². The number of nitrogens with one attached hydrogen (secondary N) is 2. The second-order valence-electron chi connectivity index (χ2n) is 5.25. The van der Waals surface area contributed by atoms with Crippen LogP contribution in [0.25, 0.3) is 0 Å². The first kappa shape index (κ1) is 19.5. The molecular weight excluding hydrogens is 397 g/mol. The lowest BCUT2D eigenvalue weighted by atomic mass is 9.91. The van der Waals surface area contributed by atoms with E-state index in [1.54, 1.807) is 0 Å². The standard InChI is InChI=1S/C19H25N3.HI/c1-3-14-21-19(20-2)22-15-18(16-10-6-4-7-11-16)17-12-8-5-9-13-17;/h4-13,18H,3,14-15H2,1-2H3,(H2,20,21,22);1H. The molecule has 0 radical (unpaired) electrons. The van der Waals surface area contributed by atoms with Gasteiger partial charge in [-0.3, -0.25) is 4.99 Å². The lowest BCUT2D eigenvalue weighted by Gasteiger charge is -2.20. The minimum atomic E-state index is 0. The van der Waals surface area contributed by atoms with Crippen molar-refractivity contribution in [2.75, 3.05) is 20.1 Å². The summed E-state index contributed by atoms with van der Waals surface area (Å²) in [5.74, 6) is 1.17. The molecule has 0 fully saturated rings. The third-order valence-electron chi connectivity index (χ3n) is 3.64. The van der Waals surface area contributed by atoms with Gasteiger partial charge in [-0.2, -0.15) is 0 Å². The van der Waals surface area contributed by atoms with E-state index in [0.717, 1.165) is 25.5 Å². The Morgan fingerprint density at radius 1 is 0.913 bits per heavy atom. The normalized spacial score (nSPS) is 11.0. The predicted molar refractivity (Wildman–Crippen MR) is 110 cm³/mol. The fraction of sp³-hybridized carbons (Fsp3) is 0.316. The van der Waals surface area contributed by atoms with Gasteiger partial charge in [-0.1, -0.05) is 67.6 Å². The Kier molecular flexibility index (Phi) is 9.36. The van der Waals surface area contributed by atoms with E-state index >= 15 is 0 Å². The maximum Gasteiger partial charge on any atom is 0.191 e. The summed E-state index contributed by atoms with van der Waals surface area (Å²) in [6.45, 7) is 3.90. The van der Waals surface area contributed by atoms with Crippen molar-refractivity contribution in [3.63, 3.8) is 0 Å². The van der Waals surface area contributed by atoms with Gasteiger partial charge in [0.2, 0.25) is 0 Å². The van der Waals surface area contributed by atoms with Gasteiger partial charge in [-0.05, 0) is 17.5 Å². The fourth-order valence-electron chi connectivity index (χ4n) is 2.46. The van der Waals surface area contributed by atoms with Crippen LogP contribution in [0.5, 0.6) is 0 Å². The van der Waals surface area contributed by atoms with E-state index in [-0.39, 0.29) is 24.0 Å². The highest BCUT2D eigenvalue weighted by atomic mass is 127. The van der Waals surface area contributed by atoms with E-state index in [0.29, 0.717) is 5.92 Å². The Balaban J connectivity index is 0.00000264. The third-order valence-corrected chi connectivity index (χ3v) is 3.64. The molecule has 0 aliphatic rings. The molecule has 0 aliphatic carbocycles. The molecule has 0 heterocycles. The molecule has 0 aromatic heterocycles. The van der Waals surface area contributed by atoms with Crippen LogP contribution in [-0.2, 0) is 0 Å². The lowest BCUT2D eigenvalue weighted by Crippen LogP contribution is -2.39. The van der Waals surface area contributed by atoms with E-state index in [1.165, 1.54) is 11.1 Å². The average Bonchev–Trinajstić information content (AvgIpc) is 2.59. The zero-order chi connectivity index (χ0) is 15.6. The average molecular weight is 423 g/mol. The van der Waals surface area contributed by atoms with Crippen LogP contribution in [0.15, 0.2) is 65.7 Å². The summed E-state index contributed by atoms with van der Waals surface area (Å²) < 4.78 is 0. The summed E-state index contributed by atoms with van der Waals surface area (Å²) in [5, 5.41) is 6.76. The number of nitrogens with zero attached hydrogens (tertiary/aromatic N) is 1. The van der Waals surface area contributed by atoms with E-state index < -0.39 is 0 Å². The highest BCUT2D eigenvalue weighted by Crippen LogP contribution is 2.23. The zero-order valence-corrected chi connectivity index (χ0v) is 16.2. The molecule has 0 unspecified atom stereocenters. The molecule has 0 saturated carbocycles. The first-order valence-corrected chi connectivity index (χ1v) is 7.89. The first-order chi connectivity index (χ1) is 10.8. The Hall–Kier alpha value is -1.56. The molecule has 0 atom stereocenters. The van der Waals surface area contributed by atoms with Crippen molar-refractivity contribution in [1.82, 2.24) is 10.6 Å². The van der Waals surface area contributed by atoms with E-state index in [1.807, 2.05) is 7.05 Å². The van der Waals surface area contributed by atoms with Gasteiger partial charge in [0.15, 0.2) is 5.96 Å². The smallest absolute Gasteiger partial charge is 0.191 e. The molecule has 2 aromatic rings. The first-order valence-electron chi connectivity index (χ1n) is 7.89. The molecule has 2 aromatic carbocycles. The van der Waals surface area contributed by atoms with Gasteiger partial charge in [-0.25, -0.2) is 0 Å². The molecule has 0 aliphatic heterocycles. The van der Waals surface area contributed by atoms with Gasteiger partial charge >= 0.3 is 0 Å². The number of rotatable bonds is 6. The van der Waals surface area contributed by atoms with Crippen LogP contribution in [0.4, 0.5) is 0 Å². The van der Waals surface area contributed by atoms with Crippen LogP contribution in [0.1, 0.15) is 30.4 Å². The quantitative estimate of drug-likeness (QED) is 0.419. The van der Waals surface area contributed by atoms with Gasteiger partial charge in [0, 0.05) is 26.1 Å². The maximum absolute atomic E-state index is 4.28. The minimum Gasteiger partial charge on any atom is -0.356 e. The van der Waals surface area contributed by atoms with Crippen molar-refractivity contribution in [3.05, 3.63) is 71.8 Å². The van der Waals surface area contributed by atoms with Crippen LogP contribution < -0.4 is 10.6 Å². The fourth-order valence-corrected chi connectivity index (χ4v) is 2.46. The Bertz CT molecular complexity index is 530. The second kappa shape index (κ2) is 11.0. The van der Waals surface area contributed by atoms with Gasteiger partial charge in [0.25, 0.3) is 0 Å². The van der Waals surface area contributed by atoms with Crippen molar-refractivity contribution in [3.8, 4) is 0 Å². The number of hydrogen-bond acceptors (Lipinski definition) is 1. The Morgan fingerprint density at radius 2 is 1.43 bits per heavy atom. The predicted octanol–water partition coefficient (Wildman–Crippen LogP) is 4.01. The van der Waals surface area contributed by atoms with Gasteiger partial charge in [0.1, 0.15) is 0 Å². The molecule has 2 N–H and O–H groups in total. The molecule has 23 heavy (non-hydrogen) atoms. The van der Waals surface area contributed by atoms with Gasteiger partial charge in [0.05, 0.1) is 0 Å². The summed E-state index contributed by atoms with van der Waals surface area (Å²) in [5.41, 5.74) is 2.62. The molecule has 0 saturated heterocycles. The number of halogens is 1. The number of benzene rings is 2. The molecule has 0 bridgehead atoms. The topological polar surface area (TPSA) is 36.4 Å². The van der Waals surface area contributed by atoms with E-state index in [4.69, 9.17) is 0 Å². The summed E-state index contributed by atoms with van der Waals surface area (Å²) in [7, 11) is 1.81. The molecule has 2 rings (SSSR count). The minimum absolute atomic E-state index is 0. The Labute approximate surface area is 156 Å². The largest absolute Gasteiger partial charge is 0.356 e. The highest BCUT2D eigenvalue weighted by molar-refractivity contribution is 14.0. The summed E-state index contributed by atoms with van der Waals surface area (Å²) in [6, 6.07) is 21.2. The van der Waals surface area contributed by atoms with Crippen molar-refractivity contribution in [1.29, 1.82) is 0 Å². The molecule has 3 nitrogen and oxygen atoms in total. The van der Waals surface area contributed by atoms with Crippen LogP contribution >= 0.6 is 24.0 Å². The van der Waals surface area contributed by atoms with Crippen LogP contribution in [0.2, 0.25) is 0 Å². The molecule has 124 valence electrons. The van der Waals surface area contributed by atoms with Crippen molar-refractivity contribution in [2.24, 2.45) is 4.99 Å². The molecule has 4 heteroatoms. The van der Waals surface area contributed by atoms with Crippen LogP contribution in [0.3, 0.4) is 0 Å². The number of hydrogen-bond donors (Lipinski definition) is 2. The van der Waals surface area contributed by atoms with E-state index in [2.05, 4.69) is 83.2 Å². The zero-order valence-electron chi connectivity index (χ0n) is 13.8. The molecule has 0 amide bonds. The van der Waals surface area contributed by atoms with Crippen LogP contribution in [-0.4, -0.2) is 26.1 Å². The molecular formula is C19H26IN3. The van der Waals surface area contributed by atoms with Crippen molar-refractivity contribution in [2.45, 2.75) is 19.3 Å².